The van der Waals surface area contributed by atoms with E-state index in [4.69, 9.17) is 14.7 Å². The molecular weight excluding hydrogens is 320 g/mol. The lowest BCUT2D eigenvalue weighted by molar-refractivity contribution is -0.116. The second-order valence-electron chi connectivity index (χ2n) is 5.31. The van der Waals surface area contributed by atoms with Crippen molar-refractivity contribution in [3.05, 3.63) is 48.3 Å². The van der Waals surface area contributed by atoms with E-state index in [-0.39, 0.29) is 12.5 Å². The van der Waals surface area contributed by atoms with E-state index in [1.807, 2.05) is 6.07 Å². The molecule has 2 aromatic carbocycles. The number of rotatable bonds is 5. The topological polar surface area (TPSA) is 89.2 Å². The molecule has 126 valence electrons. The molecule has 1 heterocycles. The standard InChI is InChI=1S/C18H16N4O3/c1-24-16-7-14-15(8-17(16)25-2)22(11-20-14)10-18(23)21-13-5-3-12(9-19)4-6-13/h3-8,11H,10H2,1-2H3,(H,21,23). The first-order chi connectivity index (χ1) is 12.1. The Balaban J connectivity index is 1.79. The summed E-state index contributed by atoms with van der Waals surface area (Å²) in [6.45, 7) is 0.103. The lowest BCUT2D eigenvalue weighted by atomic mass is 10.2. The molecule has 25 heavy (non-hydrogen) atoms. The van der Waals surface area contributed by atoms with E-state index in [0.29, 0.717) is 28.3 Å². The van der Waals surface area contributed by atoms with Crippen molar-refractivity contribution < 1.29 is 14.3 Å². The van der Waals surface area contributed by atoms with Gasteiger partial charge in [-0.3, -0.25) is 4.79 Å². The highest BCUT2D eigenvalue weighted by Gasteiger charge is 2.12. The fourth-order valence-electron chi connectivity index (χ4n) is 2.49. The Kier molecular flexibility index (Phi) is 4.53. The Hall–Kier alpha value is -3.53. The van der Waals surface area contributed by atoms with Gasteiger partial charge in [-0.25, -0.2) is 4.98 Å². The lowest BCUT2D eigenvalue weighted by Crippen LogP contribution is -2.18. The predicted molar refractivity (Wildman–Crippen MR) is 92.6 cm³/mol. The SMILES string of the molecule is COc1cc2ncn(CC(=O)Nc3ccc(C#N)cc3)c2cc1OC. The molecule has 0 radical (unpaired) electrons. The van der Waals surface area contributed by atoms with Crippen molar-refractivity contribution in [3.8, 4) is 17.6 Å². The highest BCUT2D eigenvalue weighted by molar-refractivity contribution is 5.92. The number of amides is 1. The third-order valence-electron chi connectivity index (χ3n) is 3.74. The molecule has 0 bridgehead atoms. The van der Waals surface area contributed by atoms with E-state index in [0.717, 1.165) is 5.52 Å². The number of imidazole rings is 1. The number of nitriles is 1. The second-order valence-corrected chi connectivity index (χ2v) is 5.31. The van der Waals surface area contributed by atoms with Crippen LogP contribution in [0.2, 0.25) is 0 Å². The van der Waals surface area contributed by atoms with Crippen LogP contribution in [0.5, 0.6) is 11.5 Å². The van der Waals surface area contributed by atoms with Crippen molar-refractivity contribution in [2.45, 2.75) is 6.54 Å². The summed E-state index contributed by atoms with van der Waals surface area (Å²) in [5.41, 5.74) is 2.66. The number of nitrogens with one attached hydrogen (secondary N) is 1. The molecule has 0 saturated heterocycles. The van der Waals surface area contributed by atoms with E-state index in [2.05, 4.69) is 10.3 Å². The number of ether oxygens (including phenoxy) is 2. The van der Waals surface area contributed by atoms with Crippen LogP contribution in [0, 0.1) is 11.3 Å². The van der Waals surface area contributed by atoms with Crippen LogP contribution in [-0.4, -0.2) is 29.7 Å². The molecule has 0 atom stereocenters. The van der Waals surface area contributed by atoms with E-state index in [1.165, 1.54) is 0 Å². The number of carbonyl (C=O) groups excluding carboxylic acids is 1. The summed E-state index contributed by atoms with van der Waals surface area (Å²) in [7, 11) is 3.12. The van der Waals surface area contributed by atoms with Gasteiger partial charge in [0, 0.05) is 17.8 Å². The third kappa shape index (κ3) is 3.38. The largest absolute Gasteiger partial charge is 0.493 e. The summed E-state index contributed by atoms with van der Waals surface area (Å²) >= 11 is 0. The number of benzene rings is 2. The Morgan fingerprint density at radius 2 is 1.88 bits per heavy atom. The Morgan fingerprint density at radius 1 is 1.20 bits per heavy atom. The fraction of sp³-hybridized carbons (Fsp3) is 0.167. The maximum Gasteiger partial charge on any atom is 0.244 e. The summed E-state index contributed by atoms with van der Waals surface area (Å²) in [6.07, 6.45) is 1.60. The molecule has 7 heteroatoms. The number of hydrogen-bond acceptors (Lipinski definition) is 5. The first-order valence-corrected chi connectivity index (χ1v) is 7.51. The molecule has 1 N–H and O–H groups in total. The number of carbonyl (C=O) groups is 1. The number of hydrogen-bond donors (Lipinski definition) is 1. The molecule has 0 aliphatic carbocycles. The second kappa shape index (κ2) is 6.93. The Morgan fingerprint density at radius 3 is 2.52 bits per heavy atom. The first-order valence-electron chi connectivity index (χ1n) is 7.51. The van der Waals surface area contributed by atoms with Crippen LogP contribution in [0.25, 0.3) is 11.0 Å². The Bertz CT molecular complexity index is 955. The van der Waals surface area contributed by atoms with Gasteiger partial charge in [0.05, 0.1) is 43.2 Å². The normalized spacial score (nSPS) is 10.3. The van der Waals surface area contributed by atoms with Crippen LogP contribution < -0.4 is 14.8 Å². The zero-order valence-electron chi connectivity index (χ0n) is 13.8. The minimum absolute atomic E-state index is 0.103. The average molecular weight is 336 g/mol. The number of nitrogens with zero attached hydrogens (tertiary/aromatic N) is 3. The average Bonchev–Trinajstić information content (AvgIpc) is 3.02. The van der Waals surface area contributed by atoms with Crippen molar-refractivity contribution in [2.75, 3.05) is 19.5 Å². The van der Waals surface area contributed by atoms with Gasteiger partial charge in [-0.1, -0.05) is 0 Å². The summed E-state index contributed by atoms with van der Waals surface area (Å²) < 4.78 is 12.3. The van der Waals surface area contributed by atoms with Gasteiger partial charge < -0.3 is 19.4 Å². The minimum atomic E-state index is -0.196. The molecular formula is C18H16N4O3. The predicted octanol–water partition coefficient (Wildman–Crippen LogP) is 2.56. The quantitative estimate of drug-likeness (QED) is 0.773. The van der Waals surface area contributed by atoms with Crippen molar-refractivity contribution >= 4 is 22.6 Å². The van der Waals surface area contributed by atoms with E-state index in [9.17, 15) is 4.79 Å². The van der Waals surface area contributed by atoms with Crippen LogP contribution in [0.3, 0.4) is 0 Å². The smallest absolute Gasteiger partial charge is 0.244 e. The molecule has 1 amide bonds. The zero-order chi connectivity index (χ0) is 17.8. The van der Waals surface area contributed by atoms with Crippen LogP contribution in [-0.2, 0) is 11.3 Å². The first kappa shape index (κ1) is 16.3. The Labute approximate surface area is 144 Å². The molecule has 1 aromatic heterocycles. The molecule has 0 spiro atoms. The third-order valence-corrected chi connectivity index (χ3v) is 3.74. The summed E-state index contributed by atoms with van der Waals surface area (Å²) in [6, 6.07) is 12.3. The van der Waals surface area contributed by atoms with Gasteiger partial charge in [-0.2, -0.15) is 5.26 Å². The van der Waals surface area contributed by atoms with E-state index < -0.39 is 0 Å². The summed E-state index contributed by atoms with van der Waals surface area (Å²) in [4.78, 5) is 16.6. The molecule has 0 saturated carbocycles. The van der Waals surface area contributed by atoms with Crippen LogP contribution >= 0.6 is 0 Å². The number of methoxy groups -OCH3 is 2. The lowest BCUT2D eigenvalue weighted by Gasteiger charge is -2.09. The van der Waals surface area contributed by atoms with Crippen molar-refractivity contribution in [1.29, 1.82) is 5.26 Å². The number of aromatic nitrogens is 2. The van der Waals surface area contributed by atoms with Gasteiger partial charge in [-0.05, 0) is 24.3 Å². The molecule has 0 aliphatic rings. The maximum atomic E-state index is 12.3. The molecule has 7 nitrogen and oxygen atoms in total. The van der Waals surface area contributed by atoms with Gasteiger partial charge in [0.1, 0.15) is 6.54 Å². The highest BCUT2D eigenvalue weighted by Crippen LogP contribution is 2.31. The van der Waals surface area contributed by atoms with Crippen LogP contribution in [0.15, 0.2) is 42.7 Å². The van der Waals surface area contributed by atoms with Gasteiger partial charge in [0.2, 0.25) is 5.91 Å². The van der Waals surface area contributed by atoms with Crippen molar-refractivity contribution in [1.82, 2.24) is 9.55 Å². The number of anilines is 1. The molecule has 0 aliphatic heterocycles. The van der Waals surface area contributed by atoms with Gasteiger partial charge >= 0.3 is 0 Å². The summed E-state index contributed by atoms with van der Waals surface area (Å²) in [5.74, 6) is 0.963. The van der Waals surface area contributed by atoms with Crippen LogP contribution in [0.4, 0.5) is 5.69 Å². The minimum Gasteiger partial charge on any atom is -0.493 e. The summed E-state index contributed by atoms with van der Waals surface area (Å²) in [5, 5.41) is 11.6. The van der Waals surface area contributed by atoms with Gasteiger partial charge in [-0.15, -0.1) is 0 Å². The van der Waals surface area contributed by atoms with E-state index in [1.54, 1.807) is 61.5 Å². The number of fused-ring (bicyclic) bond motifs is 1. The molecule has 0 unspecified atom stereocenters. The van der Waals surface area contributed by atoms with Crippen molar-refractivity contribution in [3.63, 3.8) is 0 Å². The molecule has 0 fully saturated rings. The fourth-order valence-corrected chi connectivity index (χ4v) is 2.49. The van der Waals surface area contributed by atoms with Gasteiger partial charge in [0.25, 0.3) is 0 Å². The highest BCUT2D eigenvalue weighted by atomic mass is 16.5. The van der Waals surface area contributed by atoms with E-state index >= 15 is 0 Å². The van der Waals surface area contributed by atoms with Crippen LogP contribution in [0.1, 0.15) is 5.56 Å². The molecule has 3 rings (SSSR count). The maximum absolute atomic E-state index is 12.3. The van der Waals surface area contributed by atoms with Crippen molar-refractivity contribution in [2.24, 2.45) is 0 Å². The van der Waals surface area contributed by atoms with Gasteiger partial charge in [0.15, 0.2) is 11.5 Å². The monoisotopic (exact) mass is 336 g/mol. The zero-order valence-corrected chi connectivity index (χ0v) is 13.8. The molecule has 3 aromatic rings.